The number of hydrogen-bond acceptors (Lipinski definition) is 5. The molecule has 136 valence electrons. The van der Waals surface area contributed by atoms with E-state index in [1.807, 2.05) is 12.1 Å². The van der Waals surface area contributed by atoms with Crippen LogP contribution in [0.4, 0.5) is 5.69 Å². The molecule has 0 amide bonds. The Balaban J connectivity index is 1.63. The third-order valence-electron chi connectivity index (χ3n) is 4.59. The number of benzene rings is 1. The molecule has 1 aromatic heterocycles. The second-order valence-electron chi connectivity index (χ2n) is 7.68. The van der Waals surface area contributed by atoms with E-state index < -0.39 is 0 Å². The number of thiazole rings is 1. The van der Waals surface area contributed by atoms with Crippen molar-refractivity contribution >= 4 is 17.0 Å². The van der Waals surface area contributed by atoms with Gasteiger partial charge in [-0.05, 0) is 18.6 Å². The number of methoxy groups -OCH3 is 1. The van der Waals surface area contributed by atoms with Crippen molar-refractivity contribution in [2.45, 2.75) is 39.2 Å². The van der Waals surface area contributed by atoms with Gasteiger partial charge in [0.2, 0.25) is 0 Å². The van der Waals surface area contributed by atoms with Crippen LogP contribution in [0.5, 0.6) is 5.75 Å². The number of ether oxygens (including phenoxy) is 1. The molecule has 0 aliphatic carbocycles. The van der Waals surface area contributed by atoms with E-state index in [0.717, 1.165) is 44.9 Å². The highest BCUT2D eigenvalue weighted by Gasteiger charge is 2.21. The van der Waals surface area contributed by atoms with E-state index in [-0.39, 0.29) is 5.41 Å². The van der Waals surface area contributed by atoms with Crippen LogP contribution in [0.3, 0.4) is 0 Å². The van der Waals surface area contributed by atoms with Gasteiger partial charge in [-0.2, -0.15) is 0 Å². The molecule has 0 radical (unpaired) electrons. The third-order valence-corrected chi connectivity index (χ3v) is 5.91. The Morgan fingerprint density at radius 1 is 1.12 bits per heavy atom. The van der Waals surface area contributed by atoms with Crippen molar-refractivity contribution in [2.75, 3.05) is 38.2 Å². The van der Waals surface area contributed by atoms with Crippen molar-refractivity contribution in [1.29, 1.82) is 0 Å². The average Bonchev–Trinajstić information content (AvgIpc) is 2.94. The molecule has 0 bridgehead atoms. The van der Waals surface area contributed by atoms with Gasteiger partial charge in [0.05, 0.1) is 23.5 Å². The van der Waals surface area contributed by atoms with Crippen LogP contribution in [0, 0.1) is 0 Å². The molecule has 2 aromatic rings. The normalized spacial score (nSPS) is 16.7. The average molecular weight is 360 g/mol. The van der Waals surface area contributed by atoms with Crippen LogP contribution < -0.4 is 9.64 Å². The molecule has 1 aromatic carbocycles. The molecular formula is C20H29N3OS. The van der Waals surface area contributed by atoms with Crippen molar-refractivity contribution < 1.29 is 4.74 Å². The second-order valence-corrected chi connectivity index (χ2v) is 8.54. The summed E-state index contributed by atoms with van der Waals surface area (Å²) >= 11 is 1.79. The maximum atomic E-state index is 5.53. The van der Waals surface area contributed by atoms with Gasteiger partial charge in [-0.25, -0.2) is 4.98 Å². The van der Waals surface area contributed by atoms with E-state index in [2.05, 4.69) is 48.1 Å². The summed E-state index contributed by atoms with van der Waals surface area (Å²) in [6.45, 7) is 11.9. The first-order chi connectivity index (χ1) is 12.0. The van der Waals surface area contributed by atoms with Gasteiger partial charge in [-0.1, -0.05) is 32.9 Å². The standard InChI is InChI=1S/C20H29N3OS/c1-20(2,3)19-21-16(15-25-19)14-22-10-7-11-23(13-12-22)17-8-5-6-9-18(17)24-4/h5-6,8-9,15H,7,10-14H2,1-4H3. The summed E-state index contributed by atoms with van der Waals surface area (Å²) in [5.74, 6) is 0.963. The quantitative estimate of drug-likeness (QED) is 0.819. The molecule has 1 aliphatic rings. The zero-order valence-electron chi connectivity index (χ0n) is 15.8. The van der Waals surface area contributed by atoms with Crippen molar-refractivity contribution in [3.05, 3.63) is 40.3 Å². The summed E-state index contributed by atoms with van der Waals surface area (Å²) in [4.78, 5) is 9.82. The highest BCUT2D eigenvalue weighted by Crippen LogP contribution is 2.29. The number of rotatable bonds is 4. The fraction of sp³-hybridized carbons (Fsp3) is 0.550. The van der Waals surface area contributed by atoms with Crippen molar-refractivity contribution in [2.24, 2.45) is 0 Å². The summed E-state index contributed by atoms with van der Waals surface area (Å²) in [6.07, 6.45) is 1.16. The maximum absolute atomic E-state index is 5.53. The van der Waals surface area contributed by atoms with Crippen LogP contribution in [0.25, 0.3) is 0 Å². The zero-order chi connectivity index (χ0) is 17.9. The first-order valence-electron chi connectivity index (χ1n) is 9.02. The topological polar surface area (TPSA) is 28.6 Å². The largest absolute Gasteiger partial charge is 0.495 e. The fourth-order valence-corrected chi connectivity index (χ4v) is 4.11. The Morgan fingerprint density at radius 2 is 1.92 bits per heavy atom. The summed E-state index contributed by atoms with van der Waals surface area (Å²) in [7, 11) is 1.75. The Morgan fingerprint density at radius 3 is 2.64 bits per heavy atom. The lowest BCUT2D eigenvalue weighted by atomic mass is 9.98. The fourth-order valence-electron chi connectivity index (χ4n) is 3.21. The molecule has 4 nitrogen and oxygen atoms in total. The molecule has 0 atom stereocenters. The Kier molecular flexibility index (Phi) is 5.64. The SMILES string of the molecule is COc1ccccc1N1CCCN(Cc2csc(C(C)(C)C)n2)CC1. The summed E-state index contributed by atoms with van der Waals surface area (Å²) in [5.41, 5.74) is 2.55. The summed E-state index contributed by atoms with van der Waals surface area (Å²) in [6, 6.07) is 8.32. The third kappa shape index (κ3) is 4.53. The molecule has 3 rings (SSSR count). The van der Waals surface area contributed by atoms with Gasteiger partial charge in [0.1, 0.15) is 5.75 Å². The monoisotopic (exact) mass is 359 g/mol. The molecule has 0 unspecified atom stereocenters. The van der Waals surface area contributed by atoms with Crippen LogP contribution in [0.2, 0.25) is 0 Å². The lowest BCUT2D eigenvalue weighted by Crippen LogP contribution is -2.30. The Labute approximate surface area is 155 Å². The minimum absolute atomic E-state index is 0.141. The Hall–Kier alpha value is -1.59. The highest BCUT2D eigenvalue weighted by molar-refractivity contribution is 7.09. The molecule has 5 heteroatoms. The first-order valence-corrected chi connectivity index (χ1v) is 9.90. The number of hydrogen-bond donors (Lipinski definition) is 0. The zero-order valence-corrected chi connectivity index (χ0v) is 16.6. The number of para-hydroxylation sites is 2. The van der Waals surface area contributed by atoms with E-state index >= 15 is 0 Å². The summed E-state index contributed by atoms with van der Waals surface area (Å²) in [5, 5.41) is 3.46. The molecule has 0 spiro atoms. The molecular weight excluding hydrogens is 330 g/mol. The van der Waals surface area contributed by atoms with Gasteiger partial charge >= 0.3 is 0 Å². The highest BCUT2D eigenvalue weighted by atomic mass is 32.1. The van der Waals surface area contributed by atoms with Gasteiger partial charge < -0.3 is 9.64 Å². The first kappa shape index (κ1) is 18.2. The lowest BCUT2D eigenvalue weighted by Gasteiger charge is -2.25. The van der Waals surface area contributed by atoms with Crippen molar-refractivity contribution in [3.8, 4) is 5.75 Å². The van der Waals surface area contributed by atoms with E-state index in [4.69, 9.17) is 9.72 Å². The smallest absolute Gasteiger partial charge is 0.142 e. The molecule has 0 N–H and O–H groups in total. The van der Waals surface area contributed by atoms with E-state index in [1.54, 1.807) is 18.4 Å². The minimum Gasteiger partial charge on any atom is -0.495 e. The van der Waals surface area contributed by atoms with Crippen molar-refractivity contribution in [1.82, 2.24) is 9.88 Å². The van der Waals surface area contributed by atoms with Gasteiger partial charge in [-0.3, -0.25) is 4.90 Å². The second kappa shape index (κ2) is 7.75. The molecule has 25 heavy (non-hydrogen) atoms. The predicted octanol–water partition coefficient (Wildman–Crippen LogP) is 4.16. The molecule has 2 heterocycles. The predicted molar refractivity (Wildman–Crippen MR) is 106 cm³/mol. The van der Waals surface area contributed by atoms with Crippen LogP contribution >= 0.6 is 11.3 Å². The van der Waals surface area contributed by atoms with Crippen molar-refractivity contribution in [3.63, 3.8) is 0 Å². The van der Waals surface area contributed by atoms with Gasteiger partial charge in [0, 0.05) is 43.5 Å². The van der Waals surface area contributed by atoms with E-state index in [1.165, 1.54) is 16.4 Å². The molecule has 1 saturated heterocycles. The molecule has 1 fully saturated rings. The van der Waals surface area contributed by atoms with Gasteiger partial charge in [-0.15, -0.1) is 11.3 Å². The molecule has 1 aliphatic heterocycles. The Bertz CT molecular complexity index is 692. The van der Waals surface area contributed by atoms with Crippen LogP contribution in [0.15, 0.2) is 29.6 Å². The van der Waals surface area contributed by atoms with Gasteiger partial charge in [0.25, 0.3) is 0 Å². The van der Waals surface area contributed by atoms with E-state index in [0.29, 0.717) is 0 Å². The van der Waals surface area contributed by atoms with E-state index in [9.17, 15) is 0 Å². The minimum atomic E-state index is 0.141. The van der Waals surface area contributed by atoms with Gasteiger partial charge in [0.15, 0.2) is 0 Å². The number of aromatic nitrogens is 1. The van der Waals surface area contributed by atoms with Crippen LogP contribution in [-0.4, -0.2) is 43.2 Å². The summed E-state index contributed by atoms with van der Waals surface area (Å²) < 4.78 is 5.53. The van der Waals surface area contributed by atoms with Crippen LogP contribution in [0.1, 0.15) is 37.9 Å². The molecule has 0 saturated carbocycles. The number of nitrogens with zero attached hydrogens (tertiary/aromatic N) is 3. The maximum Gasteiger partial charge on any atom is 0.142 e. The number of anilines is 1. The van der Waals surface area contributed by atoms with Crippen LogP contribution in [-0.2, 0) is 12.0 Å². The lowest BCUT2D eigenvalue weighted by molar-refractivity contribution is 0.282.